The third-order valence-electron chi connectivity index (χ3n) is 3.02. The Labute approximate surface area is 103 Å². The second-order valence-corrected chi connectivity index (χ2v) is 4.13. The van der Waals surface area contributed by atoms with Gasteiger partial charge in [-0.25, -0.2) is 4.98 Å². The van der Waals surface area contributed by atoms with Crippen LogP contribution >= 0.6 is 0 Å². The first kappa shape index (κ1) is 11.0. The SMILES string of the molecule is COCCn1cnc2c([nH]c3ccccc32)c1=O. The van der Waals surface area contributed by atoms with E-state index in [1.807, 2.05) is 24.3 Å². The van der Waals surface area contributed by atoms with Crippen molar-refractivity contribution in [2.75, 3.05) is 13.7 Å². The maximum Gasteiger partial charge on any atom is 0.277 e. The van der Waals surface area contributed by atoms with E-state index in [0.717, 1.165) is 16.4 Å². The van der Waals surface area contributed by atoms with Crippen molar-refractivity contribution in [3.63, 3.8) is 0 Å². The molecule has 0 aliphatic heterocycles. The maximum absolute atomic E-state index is 12.2. The van der Waals surface area contributed by atoms with Gasteiger partial charge >= 0.3 is 0 Å². The lowest BCUT2D eigenvalue weighted by molar-refractivity contribution is 0.186. The van der Waals surface area contributed by atoms with Gasteiger partial charge in [-0.3, -0.25) is 9.36 Å². The fourth-order valence-corrected chi connectivity index (χ4v) is 2.09. The highest BCUT2D eigenvalue weighted by Crippen LogP contribution is 2.20. The molecule has 0 saturated carbocycles. The zero-order chi connectivity index (χ0) is 12.5. The molecular formula is C13H13N3O2. The van der Waals surface area contributed by atoms with Gasteiger partial charge in [0, 0.05) is 18.0 Å². The van der Waals surface area contributed by atoms with E-state index < -0.39 is 0 Å². The van der Waals surface area contributed by atoms with E-state index in [1.165, 1.54) is 0 Å². The molecule has 0 spiro atoms. The van der Waals surface area contributed by atoms with E-state index in [-0.39, 0.29) is 5.56 Å². The summed E-state index contributed by atoms with van der Waals surface area (Å²) in [6, 6.07) is 7.77. The van der Waals surface area contributed by atoms with Crippen LogP contribution in [0, 0.1) is 0 Å². The molecule has 0 bridgehead atoms. The molecule has 0 aliphatic carbocycles. The number of para-hydroxylation sites is 1. The molecule has 0 amide bonds. The van der Waals surface area contributed by atoms with Crippen LogP contribution in [0.2, 0.25) is 0 Å². The highest BCUT2D eigenvalue weighted by atomic mass is 16.5. The van der Waals surface area contributed by atoms with Gasteiger partial charge in [0.25, 0.3) is 5.56 Å². The molecule has 0 fully saturated rings. The number of hydrogen-bond donors (Lipinski definition) is 1. The second-order valence-electron chi connectivity index (χ2n) is 4.13. The van der Waals surface area contributed by atoms with Crippen molar-refractivity contribution in [2.24, 2.45) is 0 Å². The lowest BCUT2D eigenvalue weighted by atomic mass is 10.2. The molecule has 3 aromatic rings. The first-order chi connectivity index (χ1) is 8.81. The minimum atomic E-state index is -0.0618. The van der Waals surface area contributed by atoms with E-state index >= 15 is 0 Å². The van der Waals surface area contributed by atoms with Gasteiger partial charge in [-0.15, -0.1) is 0 Å². The second kappa shape index (κ2) is 4.27. The van der Waals surface area contributed by atoms with E-state index in [4.69, 9.17) is 4.74 Å². The standard InChI is InChI=1S/C13H13N3O2/c1-18-7-6-16-8-14-11-9-4-2-3-5-10(9)15-12(11)13(16)17/h2-5,8,15H,6-7H2,1H3. The van der Waals surface area contributed by atoms with Crippen LogP contribution in [-0.4, -0.2) is 28.3 Å². The Bertz CT molecular complexity index is 758. The summed E-state index contributed by atoms with van der Waals surface area (Å²) >= 11 is 0. The number of fused-ring (bicyclic) bond motifs is 3. The first-order valence-electron chi connectivity index (χ1n) is 5.76. The Morgan fingerprint density at radius 2 is 2.22 bits per heavy atom. The molecule has 0 saturated heterocycles. The largest absolute Gasteiger partial charge is 0.383 e. The normalized spacial score (nSPS) is 11.4. The molecule has 0 unspecified atom stereocenters. The van der Waals surface area contributed by atoms with Crippen LogP contribution in [0.5, 0.6) is 0 Å². The number of aromatic amines is 1. The number of rotatable bonds is 3. The fourth-order valence-electron chi connectivity index (χ4n) is 2.09. The molecule has 5 heteroatoms. The van der Waals surface area contributed by atoms with Crippen LogP contribution in [0.25, 0.3) is 21.9 Å². The van der Waals surface area contributed by atoms with Gasteiger partial charge in [0.1, 0.15) is 11.0 Å². The summed E-state index contributed by atoms with van der Waals surface area (Å²) in [6.07, 6.45) is 1.57. The molecule has 0 radical (unpaired) electrons. The number of methoxy groups -OCH3 is 1. The number of ether oxygens (including phenoxy) is 1. The molecule has 18 heavy (non-hydrogen) atoms. The molecule has 5 nitrogen and oxygen atoms in total. The number of benzene rings is 1. The monoisotopic (exact) mass is 243 g/mol. The molecule has 0 aliphatic rings. The summed E-state index contributed by atoms with van der Waals surface area (Å²) in [4.78, 5) is 19.7. The van der Waals surface area contributed by atoms with Gasteiger partial charge in [-0.05, 0) is 6.07 Å². The maximum atomic E-state index is 12.2. The summed E-state index contributed by atoms with van der Waals surface area (Å²) in [5.74, 6) is 0. The lowest BCUT2D eigenvalue weighted by Crippen LogP contribution is -2.22. The van der Waals surface area contributed by atoms with Crippen molar-refractivity contribution in [1.29, 1.82) is 0 Å². The first-order valence-corrected chi connectivity index (χ1v) is 5.76. The zero-order valence-corrected chi connectivity index (χ0v) is 10.0. The predicted molar refractivity (Wildman–Crippen MR) is 69.7 cm³/mol. The third kappa shape index (κ3) is 1.60. The van der Waals surface area contributed by atoms with Crippen LogP contribution in [0.3, 0.4) is 0 Å². The van der Waals surface area contributed by atoms with E-state index in [2.05, 4.69) is 9.97 Å². The van der Waals surface area contributed by atoms with Crippen molar-refractivity contribution in [3.8, 4) is 0 Å². The molecule has 1 aromatic carbocycles. The van der Waals surface area contributed by atoms with E-state index in [9.17, 15) is 4.79 Å². The Balaban J connectivity index is 2.26. The Kier molecular flexibility index (Phi) is 2.60. The van der Waals surface area contributed by atoms with Crippen LogP contribution in [0.1, 0.15) is 0 Å². The van der Waals surface area contributed by atoms with Gasteiger partial charge in [-0.1, -0.05) is 18.2 Å². The van der Waals surface area contributed by atoms with Crippen molar-refractivity contribution in [1.82, 2.24) is 14.5 Å². The van der Waals surface area contributed by atoms with Crippen molar-refractivity contribution < 1.29 is 4.74 Å². The minimum Gasteiger partial charge on any atom is -0.383 e. The number of aromatic nitrogens is 3. The minimum absolute atomic E-state index is 0.0618. The Morgan fingerprint density at radius 1 is 1.39 bits per heavy atom. The molecule has 2 heterocycles. The van der Waals surface area contributed by atoms with Crippen molar-refractivity contribution in [2.45, 2.75) is 6.54 Å². The van der Waals surface area contributed by atoms with Crippen LogP contribution in [0.15, 0.2) is 35.4 Å². The Hall–Kier alpha value is -2.14. The molecule has 1 N–H and O–H groups in total. The number of nitrogens with one attached hydrogen (secondary N) is 1. The highest BCUT2D eigenvalue weighted by molar-refractivity contribution is 6.04. The molecule has 2 aromatic heterocycles. The zero-order valence-electron chi connectivity index (χ0n) is 10.0. The molecule has 92 valence electrons. The molecule has 3 rings (SSSR count). The summed E-state index contributed by atoms with van der Waals surface area (Å²) < 4.78 is 6.53. The summed E-state index contributed by atoms with van der Waals surface area (Å²) in [7, 11) is 1.61. The summed E-state index contributed by atoms with van der Waals surface area (Å²) in [5, 5.41) is 0.975. The Morgan fingerprint density at radius 3 is 3.06 bits per heavy atom. The average molecular weight is 243 g/mol. The van der Waals surface area contributed by atoms with Crippen LogP contribution < -0.4 is 5.56 Å². The number of nitrogens with zero attached hydrogens (tertiary/aromatic N) is 2. The van der Waals surface area contributed by atoms with Gasteiger partial charge in [0.2, 0.25) is 0 Å². The number of hydrogen-bond acceptors (Lipinski definition) is 3. The van der Waals surface area contributed by atoms with E-state index in [1.54, 1.807) is 18.0 Å². The van der Waals surface area contributed by atoms with Gasteiger partial charge in [0.05, 0.1) is 19.5 Å². The van der Waals surface area contributed by atoms with Crippen LogP contribution in [-0.2, 0) is 11.3 Å². The van der Waals surface area contributed by atoms with E-state index in [0.29, 0.717) is 18.7 Å². The average Bonchev–Trinajstić information content (AvgIpc) is 2.78. The van der Waals surface area contributed by atoms with Crippen molar-refractivity contribution in [3.05, 3.63) is 40.9 Å². The smallest absolute Gasteiger partial charge is 0.277 e. The van der Waals surface area contributed by atoms with Gasteiger partial charge < -0.3 is 9.72 Å². The highest BCUT2D eigenvalue weighted by Gasteiger charge is 2.09. The number of H-pyrrole nitrogens is 1. The summed E-state index contributed by atoms with van der Waals surface area (Å²) in [5.41, 5.74) is 2.15. The molecular weight excluding hydrogens is 230 g/mol. The fraction of sp³-hybridized carbons (Fsp3) is 0.231. The molecule has 0 atom stereocenters. The quantitative estimate of drug-likeness (QED) is 0.758. The predicted octanol–water partition coefficient (Wildman–Crippen LogP) is 1.52. The van der Waals surface area contributed by atoms with Gasteiger partial charge in [-0.2, -0.15) is 0 Å². The lowest BCUT2D eigenvalue weighted by Gasteiger charge is -2.03. The summed E-state index contributed by atoms with van der Waals surface area (Å²) in [6.45, 7) is 1.00. The van der Waals surface area contributed by atoms with Gasteiger partial charge in [0.15, 0.2) is 0 Å². The van der Waals surface area contributed by atoms with Crippen molar-refractivity contribution >= 4 is 21.9 Å². The van der Waals surface area contributed by atoms with Crippen LogP contribution in [0.4, 0.5) is 0 Å². The topological polar surface area (TPSA) is 59.9 Å². The third-order valence-corrected chi connectivity index (χ3v) is 3.02.